The second-order valence-electron chi connectivity index (χ2n) is 6.99. The van der Waals surface area contributed by atoms with Gasteiger partial charge in [0.15, 0.2) is 0 Å². The fourth-order valence-electron chi connectivity index (χ4n) is 3.73. The molecule has 0 aromatic carbocycles. The molecular weight excluding hydrogens is 405 g/mol. The average Bonchev–Trinajstić information content (AvgIpc) is 2.68. The number of hydrogen-bond acceptors (Lipinski definition) is 5. The molecule has 0 bridgehead atoms. The Morgan fingerprint density at radius 3 is 2.43 bits per heavy atom. The summed E-state index contributed by atoms with van der Waals surface area (Å²) in [5.74, 6) is 0.0517. The van der Waals surface area contributed by atoms with Crippen molar-refractivity contribution < 1.29 is 4.79 Å². The zero-order chi connectivity index (χ0) is 18.8. The second kappa shape index (κ2) is 10.0. The molecule has 0 spiro atoms. The number of nitrogens with one attached hydrogen (secondary N) is 1. The van der Waals surface area contributed by atoms with E-state index in [1.54, 1.807) is 0 Å². The van der Waals surface area contributed by atoms with Crippen LogP contribution in [0.3, 0.4) is 0 Å². The summed E-state index contributed by atoms with van der Waals surface area (Å²) >= 11 is 0. The fourth-order valence-corrected chi connectivity index (χ4v) is 3.73. The van der Waals surface area contributed by atoms with Gasteiger partial charge in [-0.25, -0.2) is 9.78 Å². The van der Waals surface area contributed by atoms with E-state index in [-0.39, 0.29) is 48.1 Å². The first-order valence-corrected chi connectivity index (χ1v) is 9.01. The predicted octanol–water partition coefficient (Wildman–Crippen LogP) is 1.11. The van der Waals surface area contributed by atoms with Crippen molar-refractivity contribution in [2.45, 2.75) is 38.1 Å². The van der Waals surface area contributed by atoms with E-state index in [2.05, 4.69) is 10.3 Å². The maximum atomic E-state index is 12.6. The fraction of sp³-hybridized carbons (Fsp3) is 0.556. The molecule has 1 aliphatic carbocycles. The molecule has 0 saturated heterocycles. The van der Waals surface area contributed by atoms with Crippen molar-refractivity contribution in [1.82, 2.24) is 19.4 Å². The summed E-state index contributed by atoms with van der Waals surface area (Å²) in [5.41, 5.74) is 5.35. The Kier molecular flexibility index (Phi) is 8.66. The van der Waals surface area contributed by atoms with E-state index in [0.29, 0.717) is 17.8 Å². The highest BCUT2D eigenvalue weighted by atomic mass is 35.5. The van der Waals surface area contributed by atoms with Crippen LogP contribution in [0.25, 0.3) is 11.0 Å². The van der Waals surface area contributed by atoms with Crippen LogP contribution < -0.4 is 22.3 Å². The third kappa shape index (κ3) is 4.56. The van der Waals surface area contributed by atoms with Crippen LogP contribution >= 0.6 is 24.8 Å². The van der Waals surface area contributed by atoms with Crippen LogP contribution in [0.5, 0.6) is 0 Å². The van der Waals surface area contributed by atoms with Crippen molar-refractivity contribution in [3.8, 4) is 0 Å². The van der Waals surface area contributed by atoms with Crippen LogP contribution in [0.4, 0.5) is 0 Å². The van der Waals surface area contributed by atoms with E-state index in [9.17, 15) is 14.4 Å². The molecular formula is C18H27Cl2N5O3. The largest absolute Gasteiger partial charge is 0.346 e. The van der Waals surface area contributed by atoms with Crippen LogP contribution in [0, 0.1) is 5.92 Å². The lowest BCUT2D eigenvalue weighted by Crippen LogP contribution is -2.46. The van der Waals surface area contributed by atoms with Gasteiger partial charge >= 0.3 is 5.69 Å². The van der Waals surface area contributed by atoms with Gasteiger partial charge in [0.2, 0.25) is 0 Å². The summed E-state index contributed by atoms with van der Waals surface area (Å²) in [4.78, 5) is 41.2. The molecule has 1 atom stereocenters. The molecule has 0 radical (unpaired) electrons. The van der Waals surface area contributed by atoms with Crippen LogP contribution in [0.1, 0.15) is 42.6 Å². The highest BCUT2D eigenvalue weighted by Crippen LogP contribution is 2.26. The molecule has 28 heavy (non-hydrogen) atoms. The summed E-state index contributed by atoms with van der Waals surface area (Å²) in [7, 11) is 2.95. The molecule has 8 nitrogen and oxygen atoms in total. The first-order chi connectivity index (χ1) is 12.4. The summed E-state index contributed by atoms with van der Waals surface area (Å²) in [6.07, 6.45) is 5.69. The molecule has 2 aromatic rings. The number of nitrogens with two attached hydrogens (primary N) is 1. The van der Waals surface area contributed by atoms with E-state index < -0.39 is 11.2 Å². The van der Waals surface area contributed by atoms with Crippen molar-refractivity contribution in [3.63, 3.8) is 0 Å². The Hall–Kier alpha value is -1.90. The number of pyridine rings is 1. The van der Waals surface area contributed by atoms with Gasteiger partial charge in [-0.3, -0.25) is 18.7 Å². The van der Waals surface area contributed by atoms with Gasteiger partial charge in [-0.05, 0) is 30.9 Å². The number of aryl methyl sites for hydroxylation is 1. The summed E-state index contributed by atoms with van der Waals surface area (Å²) in [6, 6.07) is 2.96. The number of rotatable bonds is 4. The lowest BCUT2D eigenvalue weighted by Gasteiger charge is -2.30. The third-order valence-electron chi connectivity index (χ3n) is 5.32. The number of fused-ring (bicyclic) bond motifs is 1. The Labute approximate surface area is 175 Å². The molecule has 10 heteroatoms. The van der Waals surface area contributed by atoms with Gasteiger partial charge in [0.1, 0.15) is 11.3 Å². The standard InChI is InChI=1S/C18H25N5O3.2ClH/c1-22-15-12(17(25)23(2)18(22)26)8-9-13(20-15)16(24)21-14(10-19)11-6-4-3-5-7-11;;/h8-9,11,14H,3-7,10,19H2,1-2H3,(H,21,24);2*1H. The average molecular weight is 432 g/mol. The van der Waals surface area contributed by atoms with E-state index in [1.807, 2.05) is 0 Å². The molecule has 2 heterocycles. The molecule has 1 amide bonds. The minimum Gasteiger partial charge on any atom is -0.346 e. The highest BCUT2D eigenvalue weighted by Gasteiger charge is 2.25. The minimum absolute atomic E-state index is 0. The summed E-state index contributed by atoms with van der Waals surface area (Å²) in [6.45, 7) is 0.378. The van der Waals surface area contributed by atoms with E-state index in [4.69, 9.17) is 5.73 Å². The lowest BCUT2D eigenvalue weighted by atomic mass is 9.84. The number of carbonyl (C=O) groups excluding carboxylic acids is 1. The molecule has 1 fully saturated rings. The number of nitrogens with zero attached hydrogens (tertiary/aromatic N) is 3. The zero-order valence-corrected chi connectivity index (χ0v) is 17.6. The van der Waals surface area contributed by atoms with Crippen molar-refractivity contribution in [2.75, 3.05) is 6.54 Å². The van der Waals surface area contributed by atoms with Crippen molar-refractivity contribution in [1.29, 1.82) is 0 Å². The monoisotopic (exact) mass is 431 g/mol. The maximum Gasteiger partial charge on any atom is 0.332 e. The smallest absolute Gasteiger partial charge is 0.332 e. The number of aromatic nitrogens is 3. The van der Waals surface area contributed by atoms with Crippen LogP contribution in [-0.2, 0) is 14.1 Å². The number of amides is 1. The molecule has 3 rings (SSSR count). The molecule has 3 N–H and O–H groups in total. The number of hydrogen-bond donors (Lipinski definition) is 2. The first kappa shape index (κ1) is 24.1. The Bertz CT molecular complexity index is 951. The van der Waals surface area contributed by atoms with Crippen LogP contribution in [-0.4, -0.2) is 32.6 Å². The van der Waals surface area contributed by atoms with Gasteiger partial charge in [-0.15, -0.1) is 24.8 Å². The van der Waals surface area contributed by atoms with E-state index >= 15 is 0 Å². The second-order valence-corrected chi connectivity index (χ2v) is 6.99. The third-order valence-corrected chi connectivity index (χ3v) is 5.32. The number of halogens is 2. The van der Waals surface area contributed by atoms with Crippen LogP contribution in [0.15, 0.2) is 21.7 Å². The van der Waals surface area contributed by atoms with Gasteiger partial charge in [0.05, 0.1) is 5.39 Å². The van der Waals surface area contributed by atoms with Gasteiger partial charge < -0.3 is 11.1 Å². The van der Waals surface area contributed by atoms with E-state index in [1.165, 1.54) is 37.2 Å². The van der Waals surface area contributed by atoms with Gasteiger partial charge in [-0.2, -0.15) is 0 Å². The topological polar surface area (TPSA) is 112 Å². The molecule has 1 unspecified atom stereocenters. The predicted molar refractivity (Wildman–Crippen MR) is 114 cm³/mol. The Balaban J connectivity index is 0.00000196. The Morgan fingerprint density at radius 2 is 1.82 bits per heavy atom. The highest BCUT2D eigenvalue weighted by molar-refractivity contribution is 5.94. The number of carbonyl (C=O) groups is 1. The van der Waals surface area contributed by atoms with Gasteiger partial charge in [0.25, 0.3) is 11.5 Å². The lowest BCUT2D eigenvalue weighted by molar-refractivity contribution is 0.0910. The van der Waals surface area contributed by atoms with E-state index in [0.717, 1.165) is 30.3 Å². The molecule has 0 aliphatic heterocycles. The zero-order valence-electron chi connectivity index (χ0n) is 16.0. The van der Waals surface area contributed by atoms with Crippen molar-refractivity contribution in [2.24, 2.45) is 25.7 Å². The molecule has 1 aliphatic rings. The first-order valence-electron chi connectivity index (χ1n) is 9.01. The van der Waals surface area contributed by atoms with Crippen molar-refractivity contribution >= 4 is 41.8 Å². The maximum absolute atomic E-state index is 12.6. The minimum atomic E-state index is -0.477. The SMILES string of the molecule is Cl.Cl.Cn1c(=O)c2ccc(C(=O)NC(CN)C3CCCCC3)nc2n(C)c1=O. The normalized spacial score (nSPS) is 15.4. The van der Waals surface area contributed by atoms with Crippen molar-refractivity contribution in [3.05, 3.63) is 38.7 Å². The molecule has 156 valence electrons. The van der Waals surface area contributed by atoms with Gasteiger partial charge in [0, 0.05) is 26.7 Å². The Morgan fingerprint density at radius 1 is 1.18 bits per heavy atom. The quantitative estimate of drug-likeness (QED) is 0.752. The molecule has 1 saturated carbocycles. The summed E-state index contributed by atoms with van der Waals surface area (Å²) < 4.78 is 2.30. The van der Waals surface area contributed by atoms with Crippen LogP contribution in [0.2, 0.25) is 0 Å². The molecule has 2 aromatic heterocycles. The summed E-state index contributed by atoms with van der Waals surface area (Å²) in [5, 5.41) is 3.28. The van der Waals surface area contributed by atoms with Gasteiger partial charge in [-0.1, -0.05) is 19.3 Å².